The molecule has 0 saturated heterocycles. The van der Waals surface area contributed by atoms with E-state index in [1.165, 1.54) is 4.57 Å². The zero-order chi connectivity index (χ0) is 25.6. The Hall–Kier alpha value is -4.40. The molecule has 5 rings (SSSR count). The minimum Gasteiger partial charge on any atom is -0.496 e. The second-order valence-electron chi connectivity index (χ2n) is 8.45. The first-order valence-corrected chi connectivity index (χ1v) is 11.6. The van der Waals surface area contributed by atoms with Gasteiger partial charge in [-0.05, 0) is 45.4 Å². The molecule has 9 nitrogen and oxygen atoms in total. The highest BCUT2D eigenvalue weighted by molar-refractivity contribution is 6.11. The molecule has 0 spiro atoms. The molecule has 2 aromatic carbocycles. The summed E-state index contributed by atoms with van der Waals surface area (Å²) in [5.74, 6) is -0.117. The Labute approximate surface area is 206 Å². The molecule has 0 fully saturated rings. The number of ether oxygens (including phenoxy) is 2. The highest BCUT2D eigenvalue weighted by Gasteiger charge is 2.27. The summed E-state index contributed by atoms with van der Waals surface area (Å²) in [6.45, 7) is 7.41. The molecule has 0 N–H and O–H groups in total. The number of carbonyl (C=O) groups excluding carboxylic acids is 1. The van der Waals surface area contributed by atoms with Crippen LogP contribution < -0.4 is 10.5 Å². The Morgan fingerprint density at radius 3 is 2.56 bits per heavy atom. The van der Waals surface area contributed by atoms with E-state index in [4.69, 9.17) is 18.4 Å². The van der Waals surface area contributed by atoms with Crippen molar-refractivity contribution in [3.63, 3.8) is 0 Å². The predicted octanol–water partition coefficient (Wildman–Crippen LogP) is 5.21. The number of methoxy groups -OCH3 is 1. The van der Waals surface area contributed by atoms with Gasteiger partial charge in [-0.3, -0.25) is 4.57 Å². The summed E-state index contributed by atoms with van der Waals surface area (Å²) in [6, 6.07) is 12.8. The van der Waals surface area contributed by atoms with Gasteiger partial charge < -0.3 is 18.4 Å². The topological polar surface area (TPSA) is 110 Å². The van der Waals surface area contributed by atoms with E-state index < -0.39 is 11.7 Å². The number of hydrogen-bond donors (Lipinski definition) is 0. The number of fused-ring (bicyclic) bond motifs is 3. The average molecular weight is 488 g/mol. The van der Waals surface area contributed by atoms with Gasteiger partial charge in [-0.15, -0.1) is 0 Å². The number of pyridine rings is 1. The van der Waals surface area contributed by atoms with E-state index in [1.54, 1.807) is 26.2 Å². The standard InChI is InChI=1S/C27H25N3O6/c1-6-34-26(31)23-25-24(30(27(32)35-25)15(3)17-10-8-7-9-11-17)18-13-21(33-5)19(12-20(18)28-23)22-14(2)29-36-16(22)4/h7-13,15H,6H2,1-5H3. The molecule has 0 aliphatic rings. The molecule has 36 heavy (non-hydrogen) atoms. The van der Waals surface area contributed by atoms with Gasteiger partial charge in [0, 0.05) is 10.9 Å². The third-order valence-electron chi connectivity index (χ3n) is 6.30. The molecule has 1 unspecified atom stereocenters. The fraction of sp³-hybridized carbons (Fsp3) is 0.259. The fourth-order valence-electron chi connectivity index (χ4n) is 4.62. The first-order chi connectivity index (χ1) is 17.3. The second kappa shape index (κ2) is 8.99. The number of esters is 1. The van der Waals surface area contributed by atoms with Crippen LogP contribution in [0.4, 0.5) is 0 Å². The molecule has 3 aromatic heterocycles. The molecule has 9 heteroatoms. The molecule has 0 aliphatic carbocycles. The van der Waals surface area contributed by atoms with E-state index in [2.05, 4.69) is 10.1 Å². The number of carbonyl (C=O) groups is 1. The summed E-state index contributed by atoms with van der Waals surface area (Å²) < 4.78 is 23.5. The first-order valence-electron chi connectivity index (χ1n) is 11.6. The van der Waals surface area contributed by atoms with Crippen LogP contribution in [0.25, 0.3) is 33.1 Å². The van der Waals surface area contributed by atoms with Gasteiger partial charge in [-0.1, -0.05) is 35.5 Å². The van der Waals surface area contributed by atoms with Crippen molar-refractivity contribution in [2.75, 3.05) is 13.7 Å². The van der Waals surface area contributed by atoms with Gasteiger partial charge in [0.15, 0.2) is 11.3 Å². The van der Waals surface area contributed by atoms with Crippen LogP contribution in [-0.4, -0.2) is 34.4 Å². The second-order valence-corrected chi connectivity index (χ2v) is 8.45. The van der Waals surface area contributed by atoms with Crippen LogP contribution in [0.1, 0.15) is 47.4 Å². The van der Waals surface area contributed by atoms with Gasteiger partial charge in [0.05, 0.1) is 36.5 Å². The van der Waals surface area contributed by atoms with Crippen molar-refractivity contribution in [3.8, 4) is 16.9 Å². The van der Waals surface area contributed by atoms with Crippen LogP contribution in [0, 0.1) is 13.8 Å². The van der Waals surface area contributed by atoms with E-state index in [0.717, 1.165) is 11.1 Å². The molecule has 0 amide bonds. The van der Waals surface area contributed by atoms with Gasteiger partial charge in [-0.25, -0.2) is 14.6 Å². The number of aryl methyl sites for hydroxylation is 2. The van der Waals surface area contributed by atoms with Crippen molar-refractivity contribution in [1.82, 2.24) is 14.7 Å². The van der Waals surface area contributed by atoms with Gasteiger partial charge in [-0.2, -0.15) is 0 Å². The molecule has 0 saturated carbocycles. The largest absolute Gasteiger partial charge is 0.496 e. The van der Waals surface area contributed by atoms with Crippen molar-refractivity contribution < 1.29 is 23.2 Å². The van der Waals surface area contributed by atoms with Crippen molar-refractivity contribution in [3.05, 3.63) is 75.7 Å². The smallest absolute Gasteiger partial charge is 0.420 e. The Kier molecular flexibility index (Phi) is 5.83. The number of oxazole rings is 1. The molecular formula is C27H25N3O6. The quantitative estimate of drug-likeness (QED) is 0.300. The lowest BCUT2D eigenvalue weighted by atomic mass is 9.99. The lowest BCUT2D eigenvalue weighted by molar-refractivity contribution is 0.0521. The van der Waals surface area contributed by atoms with Crippen LogP contribution >= 0.6 is 0 Å². The zero-order valence-corrected chi connectivity index (χ0v) is 20.6. The Morgan fingerprint density at radius 2 is 1.92 bits per heavy atom. The molecule has 3 heterocycles. The number of nitrogens with zero attached hydrogens (tertiary/aromatic N) is 3. The predicted molar refractivity (Wildman–Crippen MR) is 134 cm³/mol. The van der Waals surface area contributed by atoms with Crippen molar-refractivity contribution in [2.45, 2.75) is 33.7 Å². The molecule has 0 radical (unpaired) electrons. The number of hydrogen-bond acceptors (Lipinski definition) is 8. The monoisotopic (exact) mass is 487 g/mol. The third-order valence-corrected chi connectivity index (χ3v) is 6.30. The summed E-state index contributed by atoms with van der Waals surface area (Å²) in [4.78, 5) is 30.7. The summed E-state index contributed by atoms with van der Waals surface area (Å²) in [5.41, 5.74) is 3.99. The van der Waals surface area contributed by atoms with E-state index in [9.17, 15) is 9.59 Å². The minimum atomic E-state index is -0.674. The molecule has 5 aromatic rings. The van der Waals surface area contributed by atoms with Gasteiger partial charge in [0.25, 0.3) is 0 Å². The Morgan fingerprint density at radius 1 is 1.17 bits per heavy atom. The summed E-state index contributed by atoms with van der Waals surface area (Å²) >= 11 is 0. The normalized spacial score (nSPS) is 12.2. The minimum absolute atomic E-state index is 0.0645. The summed E-state index contributed by atoms with van der Waals surface area (Å²) in [7, 11) is 1.56. The van der Waals surface area contributed by atoms with Crippen LogP contribution in [-0.2, 0) is 4.74 Å². The summed E-state index contributed by atoms with van der Waals surface area (Å²) in [6.07, 6.45) is 0. The molecule has 0 bridgehead atoms. The van der Waals surface area contributed by atoms with E-state index in [-0.39, 0.29) is 23.9 Å². The van der Waals surface area contributed by atoms with Crippen molar-refractivity contribution >= 4 is 28.0 Å². The van der Waals surface area contributed by atoms with E-state index >= 15 is 0 Å². The zero-order valence-electron chi connectivity index (χ0n) is 20.6. The molecule has 184 valence electrons. The average Bonchev–Trinajstić information content (AvgIpc) is 3.40. The van der Waals surface area contributed by atoms with E-state index in [1.807, 2.05) is 51.1 Å². The lowest BCUT2D eigenvalue weighted by Gasteiger charge is -2.16. The van der Waals surface area contributed by atoms with Crippen molar-refractivity contribution in [1.29, 1.82) is 0 Å². The SMILES string of the molecule is CCOC(=O)c1nc2cc(-c3c(C)noc3C)c(OC)cc2c2c1oc(=O)n2C(C)c1ccccc1. The lowest BCUT2D eigenvalue weighted by Crippen LogP contribution is -2.19. The maximum absolute atomic E-state index is 13.2. The Bertz CT molecular complexity index is 1640. The number of aromatic nitrogens is 3. The molecule has 0 aliphatic heterocycles. The number of rotatable bonds is 6. The van der Waals surface area contributed by atoms with Crippen molar-refractivity contribution in [2.24, 2.45) is 0 Å². The Balaban J connectivity index is 1.90. The van der Waals surface area contributed by atoms with Crippen LogP contribution in [0.3, 0.4) is 0 Å². The summed E-state index contributed by atoms with van der Waals surface area (Å²) in [5, 5.41) is 4.65. The fourth-order valence-corrected chi connectivity index (χ4v) is 4.62. The molecule has 1 atom stereocenters. The maximum atomic E-state index is 13.2. The first kappa shape index (κ1) is 23.3. The third kappa shape index (κ3) is 3.64. The maximum Gasteiger partial charge on any atom is 0.420 e. The van der Waals surface area contributed by atoms with E-state index in [0.29, 0.717) is 39.2 Å². The van der Waals surface area contributed by atoms with Crippen LogP contribution in [0.5, 0.6) is 5.75 Å². The highest BCUT2D eigenvalue weighted by Crippen LogP contribution is 2.40. The number of benzene rings is 2. The molecular weight excluding hydrogens is 462 g/mol. The van der Waals surface area contributed by atoms with Crippen LogP contribution in [0.15, 0.2) is 56.2 Å². The van der Waals surface area contributed by atoms with Gasteiger partial charge in [0.1, 0.15) is 17.0 Å². The highest BCUT2D eigenvalue weighted by atomic mass is 16.5. The van der Waals surface area contributed by atoms with Gasteiger partial charge in [0.2, 0.25) is 0 Å². The van der Waals surface area contributed by atoms with Crippen LogP contribution in [0.2, 0.25) is 0 Å². The van der Waals surface area contributed by atoms with Gasteiger partial charge >= 0.3 is 11.7 Å².